The highest BCUT2D eigenvalue weighted by atomic mass is 19.2. The van der Waals surface area contributed by atoms with Gasteiger partial charge >= 0.3 is 6.03 Å². The molecule has 1 N–H and O–H groups in total. The molecule has 1 aliphatic rings. The molecule has 2 amide bonds. The molecule has 3 rings (SSSR count). The van der Waals surface area contributed by atoms with E-state index < -0.39 is 25.1 Å². The van der Waals surface area contributed by atoms with E-state index in [9.17, 15) is 18.0 Å². The summed E-state index contributed by atoms with van der Waals surface area (Å²) in [6.07, 6.45) is -1.19. The second-order valence-corrected chi connectivity index (χ2v) is 8.54. The quantitative estimate of drug-likeness (QED) is 0.556. The molecule has 1 aliphatic heterocycles. The fourth-order valence-electron chi connectivity index (χ4n) is 3.59. The van der Waals surface area contributed by atoms with Gasteiger partial charge in [0.05, 0.1) is 11.6 Å². The molecule has 0 aliphatic carbocycles. The highest BCUT2D eigenvalue weighted by Crippen LogP contribution is 2.28. The van der Waals surface area contributed by atoms with Crippen molar-refractivity contribution in [2.24, 2.45) is 11.8 Å². The molecule has 0 bridgehead atoms. The molecular weight excluding hydrogens is 435 g/mol. The molecule has 0 radical (unpaired) electrons. The average molecular weight is 466 g/mol. The van der Waals surface area contributed by atoms with Crippen LogP contribution in [0.1, 0.15) is 37.1 Å². The van der Waals surface area contributed by atoms with Crippen LogP contribution in [0.4, 0.5) is 23.8 Å². The molecule has 4 atom stereocenters. The number of rotatable bonds is 7. The van der Waals surface area contributed by atoms with Gasteiger partial charge in [-0.05, 0) is 43.9 Å². The lowest BCUT2D eigenvalue weighted by molar-refractivity contribution is -0.0181. The Morgan fingerprint density at radius 2 is 2.15 bits per heavy atom. The molecular formula is C24H30F3N3O3. The number of alkyl halides is 3. The number of anilines is 1. The van der Waals surface area contributed by atoms with Crippen molar-refractivity contribution in [1.29, 1.82) is 0 Å². The van der Waals surface area contributed by atoms with Crippen molar-refractivity contribution in [3.63, 3.8) is 0 Å². The molecule has 180 valence electrons. The van der Waals surface area contributed by atoms with Crippen LogP contribution in [0.3, 0.4) is 0 Å². The number of amides is 2. The van der Waals surface area contributed by atoms with Crippen LogP contribution < -0.4 is 10.1 Å². The molecule has 1 aromatic heterocycles. The van der Waals surface area contributed by atoms with Crippen molar-refractivity contribution in [3.05, 3.63) is 46.7 Å². The van der Waals surface area contributed by atoms with Gasteiger partial charge in [-0.1, -0.05) is 42.8 Å². The lowest BCUT2D eigenvalue weighted by Gasteiger charge is -2.33. The van der Waals surface area contributed by atoms with E-state index in [0.29, 0.717) is 25.4 Å². The molecule has 1 aromatic carbocycles. The van der Waals surface area contributed by atoms with Crippen molar-refractivity contribution in [2.75, 3.05) is 25.1 Å². The first-order valence-electron chi connectivity index (χ1n) is 11.0. The zero-order valence-corrected chi connectivity index (χ0v) is 19.3. The number of benzene rings is 1. The van der Waals surface area contributed by atoms with Crippen molar-refractivity contribution in [1.82, 2.24) is 10.1 Å². The number of nitrogens with one attached hydrogen (secondary N) is 1. The number of urea groups is 1. The third kappa shape index (κ3) is 6.09. The zero-order valence-electron chi connectivity index (χ0n) is 19.3. The summed E-state index contributed by atoms with van der Waals surface area (Å²) < 4.78 is 50.4. The molecule has 4 unspecified atom stereocenters. The van der Waals surface area contributed by atoms with Crippen LogP contribution in [0.2, 0.25) is 0 Å². The van der Waals surface area contributed by atoms with Crippen molar-refractivity contribution in [3.8, 4) is 5.75 Å². The maximum atomic E-state index is 14.2. The van der Waals surface area contributed by atoms with Gasteiger partial charge in [0.15, 0.2) is 0 Å². The minimum absolute atomic E-state index is 0.109. The molecule has 2 heterocycles. The number of nitrogens with zero attached hydrogens (tertiary/aromatic N) is 2. The molecule has 0 saturated carbocycles. The number of hydrogen-bond acceptors (Lipinski definition) is 4. The van der Waals surface area contributed by atoms with Crippen LogP contribution in [-0.2, 0) is 0 Å². The van der Waals surface area contributed by atoms with Crippen LogP contribution in [0.25, 0.3) is 6.08 Å². The second-order valence-electron chi connectivity index (χ2n) is 8.54. The number of ether oxygens (including phenoxy) is 1. The second kappa shape index (κ2) is 10.8. The van der Waals surface area contributed by atoms with Crippen LogP contribution >= 0.6 is 0 Å². The normalized spacial score (nSPS) is 20.4. The Balaban J connectivity index is 1.61. The Labute approximate surface area is 191 Å². The number of hydrogen-bond donors (Lipinski definition) is 1. The van der Waals surface area contributed by atoms with Gasteiger partial charge in [0, 0.05) is 18.7 Å². The highest BCUT2D eigenvalue weighted by Gasteiger charge is 2.28. The SMILES string of the molecule is Cc1noc(NC(=O)N2CCC(=Cc3cccc(OC(F)C(C)C(F)CF)c3)C(C)C2)c1C. The average Bonchev–Trinajstić information content (AvgIpc) is 3.11. The maximum absolute atomic E-state index is 14.2. The van der Waals surface area contributed by atoms with Gasteiger partial charge in [-0.25, -0.2) is 18.0 Å². The first-order chi connectivity index (χ1) is 15.7. The molecule has 1 saturated heterocycles. The van der Waals surface area contributed by atoms with Crippen molar-refractivity contribution in [2.45, 2.75) is 46.6 Å². The number of carbonyl (C=O) groups excluding carboxylic acids is 1. The van der Waals surface area contributed by atoms with E-state index in [0.717, 1.165) is 22.4 Å². The third-order valence-electron chi connectivity index (χ3n) is 6.05. The number of aromatic nitrogens is 1. The largest absolute Gasteiger partial charge is 0.460 e. The molecule has 2 aromatic rings. The topological polar surface area (TPSA) is 67.6 Å². The van der Waals surface area contributed by atoms with Crippen molar-refractivity contribution >= 4 is 18.0 Å². The fraction of sp³-hybridized carbons (Fsp3) is 0.500. The van der Waals surface area contributed by atoms with E-state index in [1.807, 2.05) is 32.9 Å². The molecule has 6 nitrogen and oxygen atoms in total. The summed E-state index contributed by atoms with van der Waals surface area (Å²) in [5.74, 6) is -0.499. The van der Waals surface area contributed by atoms with E-state index in [1.165, 1.54) is 6.92 Å². The van der Waals surface area contributed by atoms with Gasteiger partial charge in [0.1, 0.15) is 18.6 Å². The third-order valence-corrected chi connectivity index (χ3v) is 6.05. The van der Waals surface area contributed by atoms with E-state index in [4.69, 9.17) is 9.26 Å². The van der Waals surface area contributed by atoms with Gasteiger partial charge in [0.2, 0.25) is 12.2 Å². The van der Waals surface area contributed by atoms with Gasteiger partial charge in [-0.2, -0.15) is 0 Å². The Kier molecular flexibility index (Phi) is 8.05. The first-order valence-corrected chi connectivity index (χ1v) is 11.0. The standard InChI is InChI=1S/C24H30F3N3O3/c1-14-13-30(24(31)28-23-15(2)17(4)29-33-23)9-8-19(14)10-18-6-5-7-20(11-18)32-22(27)16(3)21(26)12-25/h5-7,10-11,14,16,21-22H,8-9,12-13H2,1-4H3,(H,28,31). The van der Waals surface area contributed by atoms with Crippen molar-refractivity contribution < 1.29 is 27.2 Å². The van der Waals surface area contributed by atoms with Crippen LogP contribution in [0.5, 0.6) is 5.75 Å². The molecule has 0 spiro atoms. The summed E-state index contributed by atoms with van der Waals surface area (Å²) in [6, 6.07) is 6.58. The van der Waals surface area contributed by atoms with Crippen LogP contribution in [0, 0.1) is 25.7 Å². The monoisotopic (exact) mass is 465 g/mol. The molecule has 33 heavy (non-hydrogen) atoms. The first kappa shape index (κ1) is 24.7. The lowest BCUT2D eigenvalue weighted by Crippen LogP contribution is -2.42. The number of likely N-dealkylation sites (tertiary alicyclic amines) is 1. The number of aryl methyl sites for hydroxylation is 1. The van der Waals surface area contributed by atoms with E-state index in [-0.39, 0.29) is 17.7 Å². The summed E-state index contributed by atoms with van der Waals surface area (Å²) in [6.45, 7) is 6.78. The zero-order chi connectivity index (χ0) is 24.1. The predicted octanol–water partition coefficient (Wildman–Crippen LogP) is 5.87. The summed E-state index contributed by atoms with van der Waals surface area (Å²) in [5.41, 5.74) is 3.48. The smallest absolute Gasteiger partial charge is 0.324 e. The summed E-state index contributed by atoms with van der Waals surface area (Å²) in [4.78, 5) is 14.3. The summed E-state index contributed by atoms with van der Waals surface area (Å²) in [5, 5.41) is 6.62. The van der Waals surface area contributed by atoms with E-state index in [1.54, 1.807) is 23.1 Å². The Morgan fingerprint density at radius 3 is 2.79 bits per heavy atom. The predicted molar refractivity (Wildman–Crippen MR) is 120 cm³/mol. The van der Waals surface area contributed by atoms with Gasteiger partial charge in [-0.3, -0.25) is 5.32 Å². The van der Waals surface area contributed by atoms with Gasteiger partial charge in [-0.15, -0.1) is 0 Å². The fourth-order valence-corrected chi connectivity index (χ4v) is 3.59. The van der Waals surface area contributed by atoms with Gasteiger partial charge < -0.3 is 14.2 Å². The Hall–Kier alpha value is -2.97. The highest BCUT2D eigenvalue weighted by molar-refractivity contribution is 5.88. The number of carbonyl (C=O) groups is 1. The number of piperidine rings is 1. The Morgan fingerprint density at radius 1 is 1.39 bits per heavy atom. The summed E-state index contributed by atoms with van der Waals surface area (Å²) >= 11 is 0. The minimum Gasteiger partial charge on any atom is -0.460 e. The van der Waals surface area contributed by atoms with Crippen LogP contribution in [-0.4, -0.2) is 48.4 Å². The van der Waals surface area contributed by atoms with E-state index >= 15 is 0 Å². The maximum Gasteiger partial charge on any atom is 0.324 e. The summed E-state index contributed by atoms with van der Waals surface area (Å²) in [7, 11) is 0. The Bertz CT molecular complexity index is 994. The minimum atomic E-state index is -1.95. The van der Waals surface area contributed by atoms with Gasteiger partial charge in [0.25, 0.3) is 0 Å². The number of halogens is 3. The molecule has 1 fully saturated rings. The lowest BCUT2D eigenvalue weighted by atomic mass is 9.91. The molecule has 9 heteroatoms. The van der Waals surface area contributed by atoms with E-state index in [2.05, 4.69) is 10.5 Å². The van der Waals surface area contributed by atoms with Crippen LogP contribution in [0.15, 0.2) is 34.4 Å².